The van der Waals surface area contributed by atoms with Gasteiger partial charge in [-0.15, -0.1) is 0 Å². The van der Waals surface area contributed by atoms with Gasteiger partial charge in [0.05, 0.1) is 29.7 Å². The zero-order chi connectivity index (χ0) is 37.8. The van der Waals surface area contributed by atoms with E-state index in [0.29, 0.717) is 22.6 Å². The quantitative estimate of drug-likeness (QED) is 0.102. The highest BCUT2D eigenvalue weighted by atomic mass is 79.9. The highest BCUT2D eigenvalue weighted by Crippen LogP contribution is 2.34. The number of benzene rings is 4. The third-order valence-corrected chi connectivity index (χ3v) is 8.17. The van der Waals surface area contributed by atoms with Gasteiger partial charge in [0, 0.05) is 11.1 Å². The molecule has 4 aromatic carbocycles. The largest absolute Gasteiger partial charge is 0.711 e. The van der Waals surface area contributed by atoms with E-state index in [1.807, 2.05) is 74.0 Å². The second-order valence-electron chi connectivity index (χ2n) is 11.4. The Morgan fingerprint density at radius 1 is 0.627 bits per heavy atom. The molecule has 0 radical (unpaired) electrons. The smallest absolute Gasteiger partial charge is 0.416 e. The third kappa shape index (κ3) is 9.54. The Balaban J connectivity index is 0.000000189. The maximum Gasteiger partial charge on any atom is 0.416 e. The number of hydrogen-bond acceptors (Lipinski definition) is 2. The molecule has 0 saturated heterocycles. The van der Waals surface area contributed by atoms with E-state index < -0.39 is 35.1 Å². The lowest BCUT2D eigenvalue weighted by molar-refractivity contribution is -0.604. The van der Waals surface area contributed by atoms with E-state index in [-0.39, 0.29) is 15.9 Å². The van der Waals surface area contributed by atoms with Gasteiger partial charge in [0.25, 0.3) is 5.82 Å². The van der Waals surface area contributed by atoms with Gasteiger partial charge < -0.3 is 10.4 Å². The summed E-state index contributed by atoms with van der Waals surface area (Å²) in [6, 6.07) is 19.9. The summed E-state index contributed by atoms with van der Waals surface area (Å²) in [5.74, 6) is -2.08. The van der Waals surface area contributed by atoms with Gasteiger partial charge in [-0.25, -0.2) is 27.4 Å². The van der Waals surface area contributed by atoms with Gasteiger partial charge >= 0.3 is 12.4 Å². The molecule has 268 valence electrons. The van der Waals surface area contributed by atoms with E-state index >= 15 is 0 Å². The first-order valence-electron chi connectivity index (χ1n) is 14.8. The molecule has 6 rings (SSSR count). The van der Waals surface area contributed by atoms with Crippen molar-refractivity contribution in [3.05, 3.63) is 152 Å². The van der Waals surface area contributed by atoms with Crippen molar-refractivity contribution in [3.63, 3.8) is 0 Å². The molecule has 0 spiro atoms. The summed E-state index contributed by atoms with van der Waals surface area (Å²) in [5, 5.41) is 23.3. The molecule has 0 N–H and O–H groups in total. The van der Waals surface area contributed by atoms with E-state index in [4.69, 9.17) is 0 Å². The summed E-state index contributed by atoms with van der Waals surface area (Å²) < 4.78 is 105. The first-order chi connectivity index (χ1) is 23.8. The van der Waals surface area contributed by atoms with Crippen LogP contribution in [-0.2, 0) is 26.4 Å². The first-order valence-corrected chi connectivity index (χ1v) is 15.6. The maximum absolute atomic E-state index is 14.2. The summed E-state index contributed by atoms with van der Waals surface area (Å²) >= 11 is 2.75. The number of hydrogen-bond donors (Lipinski definition) is 0. The molecular weight excluding hydrogens is 752 g/mol. The lowest BCUT2D eigenvalue weighted by Gasteiger charge is -2.09. The van der Waals surface area contributed by atoms with Crippen LogP contribution in [0, 0.1) is 35.9 Å². The summed E-state index contributed by atoms with van der Waals surface area (Å²) in [7, 11) is 3.43. The van der Waals surface area contributed by atoms with Crippen LogP contribution >= 0.6 is 15.9 Å². The molecule has 0 unspecified atom stereocenters. The standard InChI is InChI=1S/C18H14F4N2O.C11H12N2O.C7H3BrF4/c1-11-3-5-12(6-4-11)16-10-24(25)17(23(16)2)14-8-7-13(9-15(14)19)18(20,21)22;1-9-3-5-10(6-4-9)11-7-13(14)8-12(11)2;8-5-2-1-4(3-6(5)9)7(10,11)12/h3-10H,1-2H3;3-8H,1-2H3;1-3H. The van der Waals surface area contributed by atoms with Crippen molar-refractivity contribution in [1.82, 2.24) is 9.13 Å². The molecule has 15 heteroatoms. The maximum atomic E-state index is 14.2. The number of imidazole rings is 2. The van der Waals surface area contributed by atoms with Crippen LogP contribution in [0.15, 0.2) is 108 Å². The first kappa shape index (κ1) is 38.6. The lowest BCUT2D eigenvalue weighted by Crippen LogP contribution is -2.27. The summed E-state index contributed by atoms with van der Waals surface area (Å²) in [6.07, 6.45) is -4.77. The van der Waals surface area contributed by atoms with Gasteiger partial charge in [-0.05, 0) is 66.2 Å². The summed E-state index contributed by atoms with van der Waals surface area (Å²) in [5.41, 5.74) is 3.26. The zero-order valence-electron chi connectivity index (χ0n) is 27.3. The van der Waals surface area contributed by atoms with Gasteiger partial charge in [0.1, 0.15) is 29.6 Å². The topological polar surface area (TPSA) is 63.7 Å². The van der Waals surface area contributed by atoms with Crippen molar-refractivity contribution < 1.29 is 44.6 Å². The molecule has 0 amide bonds. The Bertz CT molecular complexity index is 2120. The molecule has 0 bridgehead atoms. The fraction of sp³-hybridized carbons (Fsp3) is 0.167. The van der Waals surface area contributed by atoms with Gasteiger partial charge in [-0.2, -0.15) is 26.3 Å². The number of nitrogens with zero attached hydrogens (tertiary/aromatic N) is 4. The van der Waals surface area contributed by atoms with E-state index in [1.165, 1.54) is 22.7 Å². The molecule has 2 aromatic heterocycles. The molecule has 0 saturated carbocycles. The fourth-order valence-corrected chi connectivity index (χ4v) is 5.08. The van der Waals surface area contributed by atoms with E-state index in [1.54, 1.807) is 13.2 Å². The van der Waals surface area contributed by atoms with Gasteiger partial charge in [0.15, 0.2) is 11.4 Å². The Morgan fingerprint density at radius 3 is 1.53 bits per heavy atom. The molecular formula is C36H29BrF8N4O2. The lowest BCUT2D eigenvalue weighted by atomic mass is 10.1. The van der Waals surface area contributed by atoms with Crippen LogP contribution in [0.1, 0.15) is 22.3 Å². The number of aromatic nitrogens is 4. The Labute approximate surface area is 295 Å². The molecule has 0 aliphatic heterocycles. The minimum absolute atomic E-state index is 0.0236. The minimum Gasteiger partial charge on any atom is -0.711 e. The predicted molar refractivity (Wildman–Crippen MR) is 179 cm³/mol. The minimum atomic E-state index is -4.64. The van der Waals surface area contributed by atoms with Crippen molar-refractivity contribution in [2.75, 3.05) is 0 Å². The predicted octanol–water partition coefficient (Wildman–Crippen LogP) is 9.70. The molecule has 6 aromatic rings. The summed E-state index contributed by atoms with van der Waals surface area (Å²) in [4.78, 5) is 0. The number of halogens is 9. The Hall–Kier alpha value is -5.18. The molecule has 0 aliphatic carbocycles. The molecule has 2 heterocycles. The van der Waals surface area contributed by atoms with E-state index in [0.717, 1.165) is 51.4 Å². The molecule has 51 heavy (non-hydrogen) atoms. The molecule has 0 fully saturated rings. The van der Waals surface area contributed by atoms with Crippen molar-refractivity contribution >= 4 is 15.9 Å². The van der Waals surface area contributed by atoms with Crippen molar-refractivity contribution in [2.45, 2.75) is 26.2 Å². The van der Waals surface area contributed by atoms with Crippen molar-refractivity contribution in [2.24, 2.45) is 14.1 Å². The highest BCUT2D eigenvalue weighted by molar-refractivity contribution is 9.10. The van der Waals surface area contributed by atoms with Crippen LogP contribution in [0.3, 0.4) is 0 Å². The van der Waals surface area contributed by atoms with Crippen LogP contribution in [0.2, 0.25) is 0 Å². The molecule has 0 atom stereocenters. The fourth-order valence-electron chi connectivity index (χ4n) is 4.84. The van der Waals surface area contributed by atoms with Crippen LogP contribution in [0.5, 0.6) is 0 Å². The molecule has 6 nitrogen and oxygen atoms in total. The van der Waals surface area contributed by atoms with Crippen LogP contribution in [0.25, 0.3) is 33.9 Å². The number of rotatable bonds is 3. The number of aryl methyl sites for hydroxylation is 3. The normalized spacial score (nSPS) is 11.4. The van der Waals surface area contributed by atoms with E-state index in [2.05, 4.69) is 15.9 Å². The van der Waals surface area contributed by atoms with Gasteiger partial charge in [0.2, 0.25) is 6.33 Å². The van der Waals surface area contributed by atoms with Crippen molar-refractivity contribution in [3.8, 4) is 33.9 Å². The van der Waals surface area contributed by atoms with Gasteiger partial charge in [-0.3, -0.25) is 0 Å². The second-order valence-corrected chi connectivity index (χ2v) is 12.2. The van der Waals surface area contributed by atoms with Crippen LogP contribution in [-0.4, -0.2) is 9.13 Å². The Kier molecular flexibility index (Phi) is 11.6. The second kappa shape index (κ2) is 15.4. The summed E-state index contributed by atoms with van der Waals surface area (Å²) in [6.45, 7) is 3.97. The van der Waals surface area contributed by atoms with Crippen LogP contribution < -0.4 is 9.46 Å². The van der Waals surface area contributed by atoms with Crippen molar-refractivity contribution in [1.29, 1.82) is 0 Å². The SMILES string of the molecule is Cc1ccc(-c2c[n+]([O-])c(-c3ccc(C(F)(F)F)cc3F)n2C)cc1.Cc1ccc(-c2c[n+]([O-])cn2C)cc1.Fc1cc(C(F)(F)F)ccc1Br. The van der Waals surface area contributed by atoms with Crippen LogP contribution in [0.4, 0.5) is 35.1 Å². The van der Waals surface area contributed by atoms with E-state index in [9.17, 15) is 45.5 Å². The Morgan fingerprint density at radius 2 is 1.10 bits per heavy atom. The average molecular weight is 782 g/mol. The average Bonchev–Trinajstić information content (AvgIpc) is 3.54. The van der Waals surface area contributed by atoms with Gasteiger partial charge in [-0.1, -0.05) is 59.7 Å². The third-order valence-electron chi connectivity index (χ3n) is 7.52. The zero-order valence-corrected chi connectivity index (χ0v) is 28.9. The highest BCUT2D eigenvalue weighted by Gasteiger charge is 2.33. The number of alkyl halides is 6. The monoisotopic (exact) mass is 780 g/mol. The molecule has 0 aliphatic rings.